The number of anilines is 1. The minimum absolute atomic E-state index is 0.0835. The number of amides is 2. The number of urea groups is 1. The van der Waals surface area contributed by atoms with Crippen molar-refractivity contribution in [2.75, 3.05) is 11.9 Å². The molecule has 0 saturated carbocycles. The summed E-state index contributed by atoms with van der Waals surface area (Å²) in [5.74, 6) is -0.619. The number of carbonyl (C=O) groups excluding carboxylic acids is 1. The first-order valence-electron chi connectivity index (χ1n) is 6.87. The van der Waals surface area contributed by atoms with Crippen molar-refractivity contribution < 1.29 is 14.7 Å². The van der Waals surface area contributed by atoms with Crippen LogP contribution in [0.3, 0.4) is 0 Å². The van der Waals surface area contributed by atoms with Crippen LogP contribution in [0.5, 0.6) is 0 Å². The molecule has 21 heavy (non-hydrogen) atoms. The zero-order valence-electron chi connectivity index (χ0n) is 13.1. The molecule has 0 fully saturated rings. The van der Waals surface area contributed by atoms with Crippen molar-refractivity contribution in [3.8, 4) is 0 Å². The third-order valence-electron chi connectivity index (χ3n) is 2.93. The van der Waals surface area contributed by atoms with Gasteiger partial charge in [0.15, 0.2) is 5.13 Å². The third kappa shape index (κ3) is 5.34. The van der Waals surface area contributed by atoms with E-state index in [0.29, 0.717) is 11.0 Å². The monoisotopic (exact) mass is 313 g/mol. The van der Waals surface area contributed by atoms with Crippen LogP contribution in [0.2, 0.25) is 0 Å². The normalized spacial score (nSPS) is 11.5. The van der Waals surface area contributed by atoms with Gasteiger partial charge in [-0.3, -0.25) is 10.1 Å². The fourth-order valence-corrected chi connectivity index (χ4v) is 2.58. The number of aromatic nitrogens is 1. The van der Waals surface area contributed by atoms with Crippen molar-refractivity contribution in [3.05, 3.63) is 11.1 Å². The lowest BCUT2D eigenvalue weighted by molar-refractivity contribution is -0.137. The number of nitrogens with one attached hydrogen (secondary N) is 1. The lowest BCUT2D eigenvalue weighted by Crippen LogP contribution is -2.48. The standard InChI is InChI=1S/C14H23N3O3S/c1-9(2)10-8-21-12(15-10)16-13(20)17(14(3,4)5)7-6-11(18)19/h8-9H,6-7H2,1-5H3,(H,18,19)(H,15,16,20). The van der Waals surface area contributed by atoms with E-state index < -0.39 is 11.5 Å². The Kier molecular flexibility index (Phi) is 5.71. The molecule has 1 rings (SSSR count). The van der Waals surface area contributed by atoms with E-state index in [1.165, 1.54) is 16.2 Å². The van der Waals surface area contributed by atoms with E-state index in [9.17, 15) is 9.59 Å². The van der Waals surface area contributed by atoms with E-state index in [0.717, 1.165) is 5.69 Å². The molecule has 0 aliphatic rings. The molecule has 0 aliphatic heterocycles. The lowest BCUT2D eigenvalue weighted by Gasteiger charge is -2.35. The SMILES string of the molecule is CC(C)c1csc(NC(=O)N(CCC(=O)O)C(C)(C)C)n1. The summed E-state index contributed by atoms with van der Waals surface area (Å²) in [5, 5.41) is 14.0. The molecule has 0 atom stereocenters. The summed E-state index contributed by atoms with van der Waals surface area (Å²) in [6.45, 7) is 9.85. The summed E-state index contributed by atoms with van der Waals surface area (Å²) in [4.78, 5) is 28.9. The van der Waals surface area contributed by atoms with Crippen molar-refractivity contribution >= 4 is 28.5 Å². The molecule has 1 heterocycles. The molecule has 0 aromatic carbocycles. The zero-order chi connectivity index (χ0) is 16.2. The molecule has 0 bridgehead atoms. The Labute approximate surface area is 129 Å². The quantitative estimate of drug-likeness (QED) is 0.873. The van der Waals surface area contributed by atoms with Gasteiger partial charge in [-0.15, -0.1) is 11.3 Å². The minimum atomic E-state index is -0.923. The van der Waals surface area contributed by atoms with Gasteiger partial charge in [0.05, 0.1) is 12.1 Å². The molecule has 2 N–H and O–H groups in total. The molecule has 2 amide bonds. The van der Waals surface area contributed by atoms with Gasteiger partial charge in [-0.05, 0) is 26.7 Å². The van der Waals surface area contributed by atoms with Crippen LogP contribution in [0.15, 0.2) is 5.38 Å². The van der Waals surface area contributed by atoms with Crippen molar-refractivity contribution in [1.29, 1.82) is 0 Å². The molecule has 6 nitrogen and oxygen atoms in total. The van der Waals surface area contributed by atoms with Gasteiger partial charge >= 0.3 is 12.0 Å². The van der Waals surface area contributed by atoms with E-state index >= 15 is 0 Å². The summed E-state index contributed by atoms with van der Waals surface area (Å²) < 4.78 is 0. The van der Waals surface area contributed by atoms with Crippen LogP contribution in [0, 0.1) is 0 Å². The second-order valence-corrected chi connectivity index (χ2v) is 6.99. The Balaban J connectivity index is 2.77. The maximum atomic E-state index is 12.3. The van der Waals surface area contributed by atoms with Crippen molar-refractivity contribution in [1.82, 2.24) is 9.88 Å². The zero-order valence-corrected chi connectivity index (χ0v) is 14.0. The number of hydrogen-bond donors (Lipinski definition) is 2. The highest BCUT2D eigenvalue weighted by atomic mass is 32.1. The summed E-state index contributed by atoms with van der Waals surface area (Å²) in [5.41, 5.74) is 0.473. The number of aliphatic carboxylic acids is 1. The molecular weight excluding hydrogens is 290 g/mol. The Morgan fingerprint density at radius 2 is 2.05 bits per heavy atom. The smallest absolute Gasteiger partial charge is 0.324 e. The van der Waals surface area contributed by atoms with Gasteiger partial charge in [-0.25, -0.2) is 9.78 Å². The molecule has 0 aliphatic carbocycles. The third-order valence-corrected chi connectivity index (χ3v) is 3.71. The van der Waals surface area contributed by atoms with Crippen molar-refractivity contribution in [3.63, 3.8) is 0 Å². The summed E-state index contributed by atoms with van der Waals surface area (Å²) in [7, 11) is 0. The van der Waals surface area contributed by atoms with Crippen LogP contribution in [-0.2, 0) is 4.79 Å². The molecule has 0 spiro atoms. The van der Waals surface area contributed by atoms with E-state index in [-0.39, 0.29) is 19.0 Å². The van der Waals surface area contributed by atoms with Gasteiger partial charge in [-0.1, -0.05) is 13.8 Å². The van der Waals surface area contributed by atoms with E-state index in [1.807, 2.05) is 40.0 Å². The number of hydrogen-bond acceptors (Lipinski definition) is 4. The number of rotatable bonds is 5. The Bertz CT molecular complexity index is 506. The molecular formula is C14H23N3O3S. The summed E-state index contributed by atoms with van der Waals surface area (Å²) >= 11 is 1.37. The van der Waals surface area contributed by atoms with Crippen LogP contribution in [-0.4, -0.2) is 39.1 Å². The minimum Gasteiger partial charge on any atom is -0.481 e. The Morgan fingerprint density at radius 3 is 2.48 bits per heavy atom. The Hall–Kier alpha value is -1.63. The number of carboxylic acids is 1. The van der Waals surface area contributed by atoms with Crippen LogP contribution >= 0.6 is 11.3 Å². The second kappa shape index (κ2) is 6.89. The maximum absolute atomic E-state index is 12.3. The van der Waals surface area contributed by atoms with Gasteiger partial charge < -0.3 is 10.0 Å². The van der Waals surface area contributed by atoms with Crippen LogP contribution < -0.4 is 5.32 Å². The first-order chi connectivity index (χ1) is 9.61. The topological polar surface area (TPSA) is 82.5 Å². The predicted octanol–water partition coefficient (Wildman–Crippen LogP) is 3.37. The number of carbonyl (C=O) groups is 2. The average molecular weight is 313 g/mol. The second-order valence-electron chi connectivity index (χ2n) is 6.13. The first-order valence-corrected chi connectivity index (χ1v) is 7.75. The summed E-state index contributed by atoms with van der Waals surface area (Å²) in [6, 6.07) is -0.326. The largest absolute Gasteiger partial charge is 0.481 e. The molecule has 0 radical (unpaired) electrons. The first kappa shape index (κ1) is 17.4. The Morgan fingerprint density at radius 1 is 1.43 bits per heavy atom. The van der Waals surface area contributed by atoms with Gasteiger partial charge in [0.1, 0.15) is 0 Å². The molecule has 0 saturated heterocycles. The predicted molar refractivity (Wildman–Crippen MR) is 83.9 cm³/mol. The van der Waals surface area contributed by atoms with Crippen LogP contribution in [0.1, 0.15) is 52.7 Å². The van der Waals surface area contributed by atoms with Gasteiger partial charge in [0.2, 0.25) is 0 Å². The van der Waals surface area contributed by atoms with Gasteiger partial charge in [0.25, 0.3) is 0 Å². The highest BCUT2D eigenvalue weighted by molar-refractivity contribution is 7.13. The highest BCUT2D eigenvalue weighted by Crippen LogP contribution is 2.23. The highest BCUT2D eigenvalue weighted by Gasteiger charge is 2.27. The van der Waals surface area contributed by atoms with Crippen molar-refractivity contribution in [2.24, 2.45) is 0 Å². The van der Waals surface area contributed by atoms with Gasteiger partial charge in [-0.2, -0.15) is 0 Å². The molecule has 118 valence electrons. The summed E-state index contributed by atoms with van der Waals surface area (Å²) in [6.07, 6.45) is -0.0835. The van der Waals surface area contributed by atoms with E-state index in [1.54, 1.807) is 0 Å². The number of nitrogens with zero attached hydrogens (tertiary/aromatic N) is 2. The fourth-order valence-electron chi connectivity index (χ4n) is 1.72. The van der Waals surface area contributed by atoms with Gasteiger partial charge in [0, 0.05) is 17.5 Å². The fraction of sp³-hybridized carbons (Fsp3) is 0.643. The maximum Gasteiger partial charge on any atom is 0.324 e. The molecule has 1 aromatic rings. The molecule has 1 aromatic heterocycles. The molecule has 7 heteroatoms. The van der Waals surface area contributed by atoms with Crippen LogP contribution in [0.25, 0.3) is 0 Å². The van der Waals surface area contributed by atoms with Crippen LogP contribution in [0.4, 0.5) is 9.93 Å². The van der Waals surface area contributed by atoms with E-state index in [4.69, 9.17) is 5.11 Å². The number of carboxylic acid groups (broad SMARTS) is 1. The average Bonchev–Trinajstić information content (AvgIpc) is 2.75. The van der Waals surface area contributed by atoms with E-state index in [2.05, 4.69) is 10.3 Å². The number of thiazole rings is 1. The molecule has 0 unspecified atom stereocenters. The lowest BCUT2D eigenvalue weighted by atomic mass is 10.1. The van der Waals surface area contributed by atoms with Crippen molar-refractivity contribution in [2.45, 2.75) is 52.5 Å².